The van der Waals surface area contributed by atoms with E-state index in [9.17, 15) is 23.1 Å². The zero-order valence-electron chi connectivity index (χ0n) is 17.8. The summed E-state index contributed by atoms with van der Waals surface area (Å²) < 4.78 is 44.8. The van der Waals surface area contributed by atoms with Gasteiger partial charge in [-0.2, -0.15) is 18.3 Å². The molecule has 0 bridgehead atoms. The monoisotopic (exact) mass is 491 g/mol. The minimum atomic E-state index is -4.81. The van der Waals surface area contributed by atoms with Crippen LogP contribution < -0.4 is 15.8 Å². The molecule has 0 amide bonds. The van der Waals surface area contributed by atoms with Gasteiger partial charge in [-0.3, -0.25) is 9.69 Å². The SMILES string of the molecule is C[C@@H](COCCC(O)N1CCN(c2cnc(Cl)cn2)CC1)Nc1cn[nH]c(=O)c1C(F)(F)F. The number of aliphatic hydroxyl groups is 1. The minimum absolute atomic E-state index is 0.0832. The lowest BCUT2D eigenvalue weighted by molar-refractivity contribution is -0.138. The molecule has 0 aliphatic carbocycles. The zero-order chi connectivity index (χ0) is 24.0. The number of ether oxygens (including phenoxy) is 1. The second-order valence-corrected chi connectivity index (χ2v) is 7.98. The molecule has 182 valence electrons. The van der Waals surface area contributed by atoms with Crippen molar-refractivity contribution in [3.05, 3.63) is 39.7 Å². The van der Waals surface area contributed by atoms with E-state index in [0.717, 1.165) is 12.0 Å². The first-order valence-corrected chi connectivity index (χ1v) is 10.7. The van der Waals surface area contributed by atoms with Gasteiger partial charge in [0, 0.05) is 38.6 Å². The Morgan fingerprint density at radius 2 is 1.97 bits per heavy atom. The molecule has 33 heavy (non-hydrogen) atoms. The Morgan fingerprint density at radius 1 is 1.24 bits per heavy atom. The van der Waals surface area contributed by atoms with Crippen LogP contribution in [0.2, 0.25) is 5.15 Å². The molecule has 0 radical (unpaired) electrons. The number of halogens is 4. The lowest BCUT2D eigenvalue weighted by Gasteiger charge is -2.37. The molecule has 3 rings (SSSR count). The average molecular weight is 492 g/mol. The van der Waals surface area contributed by atoms with Crippen LogP contribution in [0.25, 0.3) is 0 Å². The molecule has 0 saturated carbocycles. The number of nitrogens with zero attached hydrogens (tertiary/aromatic N) is 5. The molecule has 14 heteroatoms. The molecule has 1 fully saturated rings. The molecule has 3 heterocycles. The van der Waals surface area contributed by atoms with Gasteiger partial charge in [0.15, 0.2) is 0 Å². The molecule has 3 N–H and O–H groups in total. The van der Waals surface area contributed by atoms with Crippen molar-refractivity contribution in [2.75, 3.05) is 49.6 Å². The molecule has 1 aliphatic heterocycles. The fraction of sp³-hybridized carbons (Fsp3) is 0.579. The van der Waals surface area contributed by atoms with Crippen LogP contribution in [0.5, 0.6) is 0 Å². The van der Waals surface area contributed by atoms with Crippen LogP contribution in [-0.2, 0) is 10.9 Å². The number of alkyl halides is 3. The largest absolute Gasteiger partial charge is 0.423 e. The maximum Gasteiger partial charge on any atom is 0.423 e. The van der Waals surface area contributed by atoms with E-state index in [2.05, 4.69) is 25.3 Å². The van der Waals surface area contributed by atoms with E-state index < -0.39 is 35.3 Å². The third kappa shape index (κ3) is 7.00. The van der Waals surface area contributed by atoms with Gasteiger partial charge in [0.05, 0.1) is 37.5 Å². The van der Waals surface area contributed by atoms with E-state index in [4.69, 9.17) is 16.3 Å². The van der Waals surface area contributed by atoms with Crippen LogP contribution in [0.1, 0.15) is 18.9 Å². The molecular weight excluding hydrogens is 467 g/mol. The standard InChI is InChI=1S/C19H25ClF3N7O3/c1-12(27-13-8-26-28-18(32)17(13)19(21,22)23)11-33-7-2-16(31)30-5-3-29(4-6-30)15-10-24-14(20)9-25-15/h8-10,12,16,31H,2-7,11H2,1H3,(H2,27,28,32)/t12-,16?/m0/s1. The van der Waals surface area contributed by atoms with Crippen molar-refractivity contribution in [2.24, 2.45) is 0 Å². The van der Waals surface area contributed by atoms with Gasteiger partial charge in [-0.1, -0.05) is 11.6 Å². The van der Waals surface area contributed by atoms with Crippen LogP contribution >= 0.6 is 11.6 Å². The minimum Gasteiger partial charge on any atom is -0.379 e. The lowest BCUT2D eigenvalue weighted by Crippen LogP contribution is -2.51. The molecule has 10 nitrogen and oxygen atoms in total. The van der Waals surface area contributed by atoms with Gasteiger partial charge in [0.1, 0.15) is 22.8 Å². The Labute approximate surface area is 192 Å². The molecule has 1 saturated heterocycles. The topological polar surface area (TPSA) is 120 Å². The van der Waals surface area contributed by atoms with Crippen molar-refractivity contribution in [3.63, 3.8) is 0 Å². The summed E-state index contributed by atoms with van der Waals surface area (Å²) in [4.78, 5) is 23.7. The van der Waals surface area contributed by atoms with E-state index in [1.165, 1.54) is 6.20 Å². The summed E-state index contributed by atoms with van der Waals surface area (Å²) in [5, 5.41) is 18.6. The normalized spacial score (nSPS) is 17.1. The average Bonchev–Trinajstić information content (AvgIpc) is 2.76. The summed E-state index contributed by atoms with van der Waals surface area (Å²) in [5.74, 6) is 0.725. The lowest BCUT2D eigenvalue weighted by atomic mass is 10.2. The quantitative estimate of drug-likeness (QED) is 0.449. The van der Waals surface area contributed by atoms with Crippen molar-refractivity contribution in [1.82, 2.24) is 25.1 Å². The van der Waals surface area contributed by atoms with Crippen molar-refractivity contribution >= 4 is 23.1 Å². The maximum absolute atomic E-state index is 13.1. The Balaban J connectivity index is 1.39. The second kappa shape index (κ2) is 11.1. The molecule has 2 atom stereocenters. The number of rotatable bonds is 9. The highest BCUT2D eigenvalue weighted by atomic mass is 35.5. The zero-order valence-corrected chi connectivity index (χ0v) is 18.6. The maximum atomic E-state index is 13.1. The molecule has 2 aromatic heterocycles. The van der Waals surface area contributed by atoms with Gasteiger partial charge < -0.3 is 20.1 Å². The number of hydrogen-bond donors (Lipinski definition) is 3. The number of piperazine rings is 1. The third-order valence-corrected chi connectivity index (χ3v) is 5.29. The van der Waals surface area contributed by atoms with Gasteiger partial charge in [0.25, 0.3) is 5.56 Å². The van der Waals surface area contributed by atoms with E-state index in [0.29, 0.717) is 37.8 Å². The predicted molar refractivity (Wildman–Crippen MR) is 115 cm³/mol. The Bertz CT molecular complexity index is 953. The Morgan fingerprint density at radius 3 is 2.61 bits per heavy atom. The highest BCUT2D eigenvalue weighted by molar-refractivity contribution is 6.29. The van der Waals surface area contributed by atoms with Gasteiger partial charge in [-0.15, -0.1) is 0 Å². The molecule has 1 aliphatic rings. The highest BCUT2D eigenvalue weighted by Gasteiger charge is 2.37. The first-order chi connectivity index (χ1) is 15.6. The van der Waals surface area contributed by atoms with E-state index in [-0.39, 0.29) is 13.2 Å². The fourth-order valence-electron chi connectivity index (χ4n) is 3.45. The van der Waals surface area contributed by atoms with Crippen LogP contribution in [0.15, 0.2) is 23.4 Å². The summed E-state index contributed by atoms with van der Waals surface area (Å²) >= 11 is 5.76. The summed E-state index contributed by atoms with van der Waals surface area (Å²) in [6.07, 6.45) is -1.17. The summed E-state index contributed by atoms with van der Waals surface area (Å²) in [6, 6.07) is -0.518. The van der Waals surface area contributed by atoms with Crippen LogP contribution in [0, 0.1) is 0 Å². The van der Waals surface area contributed by atoms with Crippen LogP contribution in [0.3, 0.4) is 0 Å². The van der Waals surface area contributed by atoms with Crippen LogP contribution in [0.4, 0.5) is 24.7 Å². The number of aliphatic hydroxyl groups excluding tert-OH is 1. The van der Waals surface area contributed by atoms with E-state index in [1.807, 2.05) is 4.90 Å². The number of nitrogens with one attached hydrogen (secondary N) is 2. The number of hydrogen-bond acceptors (Lipinski definition) is 9. The summed E-state index contributed by atoms with van der Waals surface area (Å²) in [7, 11) is 0. The van der Waals surface area contributed by atoms with E-state index in [1.54, 1.807) is 18.2 Å². The summed E-state index contributed by atoms with van der Waals surface area (Å²) in [5.41, 5.74) is -3.05. The molecule has 2 aromatic rings. The van der Waals surface area contributed by atoms with E-state index >= 15 is 0 Å². The van der Waals surface area contributed by atoms with Crippen molar-refractivity contribution in [2.45, 2.75) is 31.8 Å². The first-order valence-electron chi connectivity index (χ1n) is 10.3. The molecule has 0 aromatic carbocycles. The van der Waals surface area contributed by atoms with Crippen molar-refractivity contribution in [1.29, 1.82) is 0 Å². The van der Waals surface area contributed by atoms with Gasteiger partial charge in [-0.25, -0.2) is 15.1 Å². The molecular formula is C19H25ClF3N7O3. The predicted octanol–water partition coefficient (Wildman–Crippen LogP) is 1.58. The van der Waals surface area contributed by atoms with Crippen LogP contribution in [-0.4, -0.2) is 81.8 Å². The van der Waals surface area contributed by atoms with Gasteiger partial charge in [-0.05, 0) is 6.92 Å². The fourth-order valence-corrected chi connectivity index (χ4v) is 3.54. The van der Waals surface area contributed by atoms with Gasteiger partial charge >= 0.3 is 6.18 Å². The third-order valence-electron chi connectivity index (χ3n) is 5.10. The first kappa shape index (κ1) is 25.1. The number of aromatic amines is 1. The Kier molecular flexibility index (Phi) is 8.46. The molecule has 0 spiro atoms. The summed E-state index contributed by atoms with van der Waals surface area (Å²) in [6.45, 7) is 4.51. The smallest absolute Gasteiger partial charge is 0.379 e. The number of H-pyrrole nitrogens is 1. The van der Waals surface area contributed by atoms with Crippen molar-refractivity contribution < 1.29 is 23.0 Å². The number of anilines is 2. The Hall–Kier alpha value is -2.48. The highest BCUT2D eigenvalue weighted by Crippen LogP contribution is 2.31. The number of aromatic nitrogens is 4. The van der Waals surface area contributed by atoms with Crippen molar-refractivity contribution in [3.8, 4) is 0 Å². The molecule has 1 unspecified atom stereocenters. The van der Waals surface area contributed by atoms with Gasteiger partial charge in [0.2, 0.25) is 0 Å². The second-order valence-electron chi connectivity index (χ2n) is 7.60.